The lowest BCUT2D eigenvalue weighted by atomic mass is 9.48. The number of carbonyl (C=O) groups is 1. The molecule has 1 amide bonds. The van der Waals surface area contributed by atoms with E-state index in [1.165, 1.54) is 12.5 Å². The number of nitrogens with zero attached hydrogens (tertiary/aromatic N) is 1. The maximum absolute atomic E-state index is 14.7. The van der Waals surface area contributed by atoms with Gasteiger partial charge in [-0.3, -0.25) is 14.9 Å². The molecule has 4 aliphatic carbocycles. The van der Waals surface area contributed by atoms with Gasteiger partial charge in [-0.15, -0.1) is 0 Å². The van der Waals surface area contributed by atoms with Crippen LogP contribution in [0.3, 0.4) is 0 Å². The fraction of sp³-hybridized carbons (Fsp3) is 0.696. The molecule has 4 nitrogen and oxygen atoms in total. The molecule has 6 rings (SSSR count). The predicted molar refractivity (Wildman–Crippen MR) is 105 cm³/mol. The standard InChI is InChI=1S/C23H30F2N2O2/c1-2-18-7-19-17(5-14(6-20(19)24)22(28)26-29)11-27(18)12-23-8-13-3-15(9-23)21(25)16(4-13)10-23/h5-6,13,15-16,18,21,29H,2-4,7-12H2,1H3,(H,26,28)/t13?,15?,16?,18-,21?,23?/m0/s1. The van der Waals surface area contributed by atoms with Crippen LogP contribution < -0.4 is 5.48 Å². The van der Waals surface area contributed by atoms with Gasteiger partial charge in [0.25, 0.3) is 5.91 Å². The lowest BCUT2D eigenvalue weighted by molar-refractivity contribution is -0.120. The smallest absolute Gasteiger partial charge is 0.274 e. The molecule has 0 saturated heterocycles. The maximum Gasteiger partial charge on any atom is 0.274 e. The minimum absolute atomic E-state index is 0.147. The average molecular weight is 405 g/mol. The lowest BCUT2D eigenvalue weighted by Crippen LogP contribution is -2.57. The topological polar surface area (TPSA) is 52.6 Å². The third-order valence-corrected chi connectivity index (χ3v) is 8.28. The van der Waals surface area contributed by atoms with Gasteiger partial charge in [-0.05, 0) is 91.4 Å². The molecule has 5 aliphatic rings. The number of benzene rings is 1. The van der Waals surface area contributed by atoms with E-state index >= 15 is 0 Å². The highest BCUT2D eigenvalue weighted by molar-refractivity contribution is 5.93. The van der Waals surface area contributed by atoms with Gasteiger partial charge < -0.3 is 0 Å². The van der Waals surface area contributed by atoms with E-state index in [0.29, 0.717) is 24.4 Å². The van der Waals surface area contributed by atoms with Gasteiger partial charge in [0.2, 0.25) is 0 Å². The van der Waals surface area contributed by atoms with E-state index in [4.69, 9.17) is 5.21 Å². The fourth-order valence-corrected chi connectivity index (χ4v) is 7.31. The van der Waals surface area contributed by atoms with Crippen molar-refractivity contribution < 1.29 is 18.8 Å². The first-order valence-corrected chi connectivity index (χ1v) is 11.0. The van der Waals surface area contributed by atoms with Gasteiger partial charge in [-0.2, -0.15) is 0 Å². The molecule has 2 unspecified atom stereocenters. The molecule has 6 heteroatoms. The SMILES string of the molecule is CC[C@H]1Cc2c(F)cc(C(=O)NO)cc2CN1CC12CC3CC(C1)C(F)C(C3)C2. The number of halogens is 2. The second kappa shape index (κ2) is 7.02. The van der Waals surface area contributed by atoms with Gasteiger partial charge in [0.1, 0.15) is 12.0 Å². The second-order valence-electron chi connectivity index (χ2n) is 10.1. The van der Waals surface area contributed by atoms with Crippen LogP contribution >= 0.6 is 0 Å². The average Bonchev–Trinajstić information content (AvgIpc) is 2.70. The van der Waals surface area contributed by atoms with E-state index in [-0.39, 0.29) is 34.7 Å². The molecule has 2 N–H and O–H groups in total. The molecule has 0 aromatic heterocycles. The zero-order valence-corrected chi connectivity index (χ0v) is 17.0. The van der Waals surface area contributed by atoms with E-state index in [2.05, 4.69) is 11.8 Å². The molecule has 0 radical (unpaired) electrons. The highest BCUT2D eigenvalue weighted by Crippen LogP contribution is 2.61. The van der Waals surface area contributed by atoms with Crippen LogP contribution in [0.1, 0.15) is 66.9 Å². The molecule has 1 aromatic carbocycles. The van der Waals surface area contributed by atoms with Crippen LogP contribution in [0.15, 0.2) is 12.1 Å². The molecule has 0 spiro atoms. The number of hydrogen-bond acceptors (Lipinski definition) is 3. The predicted octanol–water partition coefficient (Wildman–Crippen LogP) is 4.25. The Morgan fingerprint density at radius 1 is 1.28 bits per heavy atom. The van der Waals surface area contributed by atoms with Crippen molar-refractivity contribution in [3.05, 3.63) is 34.6 Å². The van der Waals surface area contributed by atoms with E-state index in [0.717, 1.165) is 44.2 Å². The second-order valence-corrected chi connectivity index (χ2v) is 10.1. The third-order valence-electron chi connectivity index (χ3n) is 8.28. The van der Waals surface area contributed by atoms with Gasteiger partial charge in [0.15, 0.2) is 0 Å². The first-order chi connectivity index (χ1) is 13.9. The lowest BCUT2D eigenvalue weighted by Gasteiger charge is -2.59. The van der Waals surface area contributed by atoms with Gasteiger partial charge in [0, 0.05) is 24.7 Å². The van der Waals surface area contributed by atoms with E-state index < -0.39 is 12.1 Å². The van der Waals surface area contributed by atoms with Crippen molar-refractivity contribution in [3.63, 3.8) is 0 Å². The molecule has 4 fully saturated rings. The van der Waals surface area contributed by atoms with E-state index in [1.807, 2.05) is 0 Å². The Balaban J connectivity index is 1.42. The summed E-state index contributed by atoms with van der Waals surface area (Å²) in [6.07, 6.45) is 6.26. The molecule has 1 aliphatic heterocycles. The van der Waals surface area contributed by atoms with Gasteiger partial charge in [-0.25, -0.2) is 14.3 Å². The van der Waals surface area contributed by atoms with Crippen molar-refractivity contribution in [3.8, 4) is 0 Å². The summed E-state index contributed by atoms with van der Waals surface area (Å²) in [5.41, 5.74) is 3.47. The number of fused-ring (bicyclic) bond motifs is 1. The van der Waals surface area contributed by atoms with Crippen LogP contribution in [0.2, 0.25) is 0 Å². The maximum atomic E-state index is 14.7. The zero-order valence-electron chi connectivity index (χ0n) is 17.0. The number of nitrogens with one attached hydrogen (secondary N) is 1. The molecule has 4 saturated carbocycles. The van der Waals surface area contributed by atoms with Crippen LogP contribution in [-0.2, 0) is 13.0 Å². The van der Waals surface area contributed by atoms with Crippen molar-refractivity contribution in [2.24, 2.45) is 23.2 Å². The van der Waals surface area contributed by atoms with Crippen molar-refractivity contribution in [2.45, 2.75) is 70.6 Å². The Hall–Kier alpha value is -1.53. The van der Waals surface area contributed by atoms with E-state index in [9.17, 15) is 13.6 Å². The quantitative estimate of drug-likeness (QED) is 0.583. The summed E-state index contributed by atoms with van der Waals surface area (Å²) in [5, 5.41) is 8.92. The Morgan fingerprint density at radius 2 is 2.00 bits per heavy atom. The van der Waals surface area contributed by atoms with Crippen LogP contribution in [0.4, 0.5) is 8.78 Å². The summed E-state index contributed by atoms with van der Waals surface area (Å²) in [6.45, 7) is 3.70. The zero-order chi connectivity index (χ0) is 20.3. The van der Waals surface area contributed by atoms with Crippen molar-refractivity contribution in [2.75, 3.05) is 6.54 Å². The van der Waals surface area contributed by atoms with Gasteiger partial charge in [-0.1, -0.05) is 6.92 Å². The summed E-state index contributed by atoms with van der Waals surface area (Å²) < 4.78 is 29.4. The van der Waals surface area contributed by atoms with E-state index in [1.54, 1.807) is 11.5 Å². The number of alkyl halides is 1. The largest absolute Gasteiger partial charge is 0.295 e. The Bertz CT molecular complexity index is 813. The first-order valence-electron chi connectivity index (χ1n) is 11.0. The molecular weight excluding hydrogens is 374 g/mol. The van der Waals surface area contributed by atoms with Crippen molar-refractivity contribution in [1.29, 1.82) is 0 Å². The monoisotopic (exact) mass is 404 g/mol. The Labute approximate surface area is 170 Å². The summed E-state index contributed by atoms with van der Waals surface area (Å²) in [7, 11) is 0. The van der Waals surface area contributed by atoms with Crippen LogP contribution in [0.25, 0.3) is 0 Å². The van der Waals surface area contributed by atoms with Crippen LogP contribution in [0, 0.1) is 29.0 Å². The van der Waals surface area contributed by atoms with Crippen molar-refractivity contribution in [1.82, 2.24) is 10.4 Å². The number of hydroxylamine groups is 1. The van der Waals surface area contributed by atoms with Gasteiger partial charge >= 0.3 is 0 Å². The number of amides is 1. The summed E-state index contributed by atoms with van der Waals surface area (Å²) >= 11 is 0. The van der Waals surface area contributed by atoms with Crippen LogP contribution in [-0.4, -0.2) is 34.8 Å². The highest BCUT2D eigenvalue weighted by atomic mass is 19.1. The summed E-state index contributed by atoms with van der Waals surface area (Å²) in [4.78, 5) is 14.3. The Kier molecular flexibility index (Phi) is 4.70. The molecule has 3 atom stereocenters. The number of carbonyl (C=O) groups excluding carboxylic acids is 1. The first kappa shape index (κ1) is 19.4. The van der Waals surface area contributed by atoms with Crippen molar-refractivity contribution >= 4 is 5.91 Å². The molecule has 1 heterocycles. The molecule has 29 heavy (non-hydrogen) atoms. The normalized spacial score (nSPS) is 38.1. The van der Waals surface area contributed by atoms with Crippen LogP contribution in [0.5, 0.6) is 0 Å². The fourth-order valence-electron chi connectivity index (χ4n) is 7.31. The molecular formula is C23H30F2N2O2. The number of hydrogen-bond donors (Lipinski definition) is 2. The minimum atomic E-state index is -0.689. The Morgan fingerprint density at radius 3 is 2.66 bits per heavy atom. The molecule has 158 valence electrons. The van der Waals surface area contributed by atoms with Gasteiger partial charge in [0.05, 0.1) is 0 Å². The minimum Gasteiger partial charge on any atom is -0.295 e. The molecule has 4 bridgehead atoms. The third kappa shape index (κ3) is 3.19. The summed E-state index contributed by atoms with van der Waals surface area (Å²) in [6, 6.07) is 3.19. The molecule has 1 aromatic rings. The summed E-state index contributed by atoms with van der Waals surface area (Å²) in [5.74, 6) is 0.0839. The number of rotatable bonds is 4. The highest BCUT2D eigenvalue weighted by Gasteiger charge is 2.56.